The van der Waals surface area contributed by atoms with Crippen molar-refractivity contribution in [2.75, 3.05) is 0 Å². The van der Waals surface area contributed by atoms with Crippen LogP contribution in [0, 0.1) is 12.7 Å². The zero-order valence-electron chi connectivity index (χ0n) is 9.71. The molecule has 0 spiro atoms. The van der Waals surface area contributed by atoms with E-state index in [2.05, 4.69) is 0 Å². The zero-order chi connectivity index (χ0) is 13.1. The van der Waals surface area contributed by atoms with Crippen LogP contribution in [0.2, 0.25) is 10.0 Å². The van der Waals surface area contributed by atoms with Gasteiger partial charge in [0, 0.05) is 0 Å². The quantitative estimate of drug-likeness (QED) is 0.769. The predicted molar refractivity (Wildman–Crippen MR) is 71.9 cm³/mol. The van der Waals surface area contributed by atoms with Gasteiger partial charge in [0.2, 0.25) is 0 Å². The van der Waals surface area contributed by atoms with Crippen molar-refractivity contribution >= 4 is 23.2 Å². The average Bonchev–Trinajstić information content (AvgIpc) is 2.32. The van der Waals surface area contributed by atoms with Crippen LogP contribution in [0.1, 0.15) is 11.1 Å². The first kappa shape index (κ1) is 13.2. The number of benzene rings is 2. The maximum Gasteiger partial charge on any atom is 0.123 e. The lowest BCUT2D eigenvalue weighted by Crippen LogP contribution is -1.97. The van der Waals surface area contributed by atoms with E-state index in [-0.39, 0.29) is 5.82 Å². The molecule has 0 fully saturated rings. The summed E-state index contributed by atoms with van der Waals surface area (Å²) in [6, 6.07) is 9.74. The third kappa shape index (κ3) is 3.15. The van der Waals surface area contributed by atoms with Gasteiger partial charge in [-0.1, -0.05) is 29.3 Å². The lowest BCUT2D eigenvalue weighted by molar-refractivity contribution is 0.303. The molecule has 4 heteroatoms. The molecule has 0 aliphatic carbocycles. The lowest BCUT2D eigenvalue weighted by atomic mass is 10.2. The fourth-order valence-electron chi connectivity index (χ4n) is 1.57. The van der Waals surface area contributed by atoms with Gasteiger partial charge in [-0.25, -0.2) is 4.39 Å². The van der Waals surface area contributed by atoms with Gasteiger partial charge in [0.25, 0.3) is 0 Å². The minimum atomic E-state index is -0.269. The van der Waals surface area contributed by atoms with Crippen molar-refractivity contribution in [3.63, 3.8) is 0 Å². The van der Waals surface area contributed by atoms with E-state index in [4.69, 9.17) is 27.9 Å². The van der Waals surface area contributed by atoms with Crippen molar-refractivity contribution in [1.82, 2.24) is 0 Å². The summed E-state index contributed by atoms with van der Waals surface area (Å²) in [4.78, 5) is 0. The molecule has 0 amide bonds. The standard InChI is InChI=1S/C14H11Cl2FO/c1-9-6-11(17)3-5-14(9)18-8-10-2-4-12(15)13(16)7-10/h2-7H,8H2,1H3. The average molecular weight is 285 g/mol. The van der Waals surface area contributed by atoms with Crippen molar-refractivity contribution < 1.29 is 9.13 Å². The summed E-state index contributed by atoms with van der Waals surface area (Å²) >= 11 is 11.7. The summed E-state index contributed by atoms with van der Waals surface area (Å²) in [6.07, 6.45) is 0. The molecule has 94 valence electrons. The third-order valence-corrected chi connectivity index (χ3v) is 3.25. The lowest BCUT2D eigenvalue weighted by Gasteiger charge is -2.09. The molecule has 18 heavy (non-hydrogen) atoms. The van der Waals surface area contributed by atoms with Crippen LogP contribution in [0.15, 0.2) is 36.4 Å². The summed E-state index contributed by atoms with van der Waals surface area (Å²) in [7, 11) is 0. The molecule has 0 aromatic heterocycles. The van der Waals surface area contributed by atoms with Gasteiger partial charge in [-0.3, -0.25) is 0 Å². The Labute approximate surface area is 115 Å². The summed E-state index contributed by atoms with van der Waals surface area (Å²) in [5.41, 5.74) is 1.67. The Hall–Kier alpha value is -1.25. The smallest absolute Gasteiger partial charge is 0.123 e. The third-order valence-electron chi connectivity index (χ3n) is 2.52. The monoisotopic (exact) mass is 284 g/mol. The normalized spacial score (nSPS) is 10.4. The van der Waals surface area contributed by atoms with Crippen molar-refractivity contribution in [3.05, 3.63) is 63.4 Å². The van der Waals surface area contributed by atoms with Crippen molar-refractivity contribution in [2.45, 2.75) is 13.5 Å². The number of aryl methyl sites for hydroxylation is 1. The second kappa shape index (κ2) is 5.59. The molecule has 0 unspecified atom stereocenters. The van der Waals surface area contributed by atoms with E-state index < -0.39 is 0 Å². The molecule has 0 N–H and O–H groups in total. The van der Waals surface area contributed by atoms with Gasteiger partial charge in [0.1, 0.15) is 18.2 Å². The van der Waals surface area contributed by atoms with E-state index in [0.29, 0.717) is 22.4 Å². The van der Waals surface area contributed by atoms with E-state index in [1.807, 2.05) is 6.07 Å². The molecule has 0 saturated heterocycles. The fraction of sp³-hybridized carbons (Fsp3) is 0.143. The maximum atomic E-state index is 12.9. The molecule has 0 saturated carbocycles. The van der Waals surface area contributed by atoms with Gasteiger partial charge in [-0.15, -0.1) is 0 Å². The second-order valence-corrected chi connectivity index (χ2v) is 4.76. The van der Waals surface area contributed by atoms with E-state index in [1.54, 1.807) is 25.1 Å². The first-order chi connectivity index (χ1) is 8.56. The minimum absolute atomic E-state index is 0.269. The zero-order valence-corrected chi connectivity index (χ0v) is 11.2. The highest BCUT2D eigenvalue weighted by atomic mass is 35.5. The topological polar surface area (TPSA) is 9.23 Å². The van der Waals surface area contributed by atoms with Gasteiger partial charge < -0.3 is 4.74 Å². The molecule has 2 aromatic carbocycles. The molecular weight excluding hydrogens is 274 g/mol. The Kier molecular flexibility index (Phi) is 4.10. The molecule has 2 rings (SSSR count). The predicted octanol–water partition coefficient (Wildman–Crippen LogP) is 5.02. The van der Waals surface area contributed by atoms with Crippen molar-refractivity contribution in [1.29, 1.82) is 0 Å². The molecule has 0 atom stereocenters. The summed E-state index contributed by atoms with van der Waals surface area (Å²) in [5, 5.41) is 1.01. The highest BCUT2D eigenvalue weighted by Gasteiger charge is 2.03. The van der Waals surface area contributed by atoms with Crippen LogP contribution in [0.3, 0.4) is 0 Å². The Morgan fingerprint density at radius 2 is 1.83 bits per heavy atom. The van der Waals surface area contributed by atoms with Crippen LogP contribution < -0.4 is 4.74 Å². The second-order valence-electron chi connectivity index (χ2n) is 3.95. The van der Waals surface area contributed by atoms with Crippen LogP contribution in [-0.2, 0) is 6.61 Å². The first-order valence-electron chi connectivity index (χ1n) is 5.39. The molecular formula is C14H11Cl2FO. The Morgan fingerprint density at radius 1 is 1.06 bits per heavy atom. The Morgan fingerprint density at radius 3 is 2.50 bits per heavy atom. The van der Waals surface area contributed by atoms with Gasteiger partial charge in [0.15, 0.2) is 0 Å². The van der Waals surface area contributed by atoms with Gasteiger partial charge in [-0.05, 0) is 48.4 Å². The SMILES string of the molecule is Cc1cc(F)ccc1OCc1ccc(Cl)c(Cl)c1. The molecule has 0 bridgehead atoms. The summed E-state index contributed by atoms with van der Waals surface area (Å²) in [6.45, 7) is 2.16. The number of rotatable bonds is 3. The molecule has 2 aromatic rings. The minimum Gasteiger partial charge on any atom is -0.489 e. The Bertz CT molecular complexity index is 570. The highest BCUT2D eigenvalue weighted by Crippen LogP contribution is 2.24. The Balaban J connectivity index is 2.09. The van der Waals surface area contributed by atoms with Crippen molar-refractivity contribution in [3.8, 4) is 5.75 Å². The van der Waals surface area contributed by atoms with Gasteiger partial charge in [-0.2, -0.15) is 0 Å². The van der Waals surface area contributed by atoms with Crippen LogP contribution in [0.25, 0.3) is 0 Å². The van der Waals surface area contributed by atoms with Gasteiger partial charge in [0.05, 0.1) is 10.0 Å². The van der Waals surface area contributed by atoms with Crippen LogP contribution in [-0.4, -0.2) is 0 Å². The van der Waals surface area contributed by atoms with E-state index >= 15 is 0 Å². The number of hydrogen-bond acceptors (Lipinski definition) is 1. The van der Waals surface area contributed by atoms with Crippen LogP contribution in [0.4, 0.5) is 4.39 Å². The van der Waals surface area contributed by atoms with Crippen molar-refractivity contribution in [2.24, 2.45) is 0 Å². The highest BCUT2D eigenvalue weighted by molar-refractivity contribution is 6.42. The first-order valence-corrected chi connectivity index (χ1v) is 6.15. The van der Waals surface area contributed by atoms with Crippen LogP contribution in [0.5, 0.6) is 5.75 Å². The summed E-state index contributed by atoms with van der Waals surface area (Å²) in [5.74, 6) is 0.386. The van der Waals surface area contributed by atoms with E-state index in [1.165, 1.54) is 12.1 Å². The van der Waals surface area contributed by atoms with Gasteiger partial charge >= 0.3 is 0 Å². The molecule has 0 aliphatic rings. The molecule has 0 aliphatic heterocycles. The molecule has 0 heterocycles. The van der Waals surface area contributed by atoms with E-state index in [0.717, 1.165) is 11.1 Å². The molecule has 1 nitrogen and oxygen atoms in total. The maximum absolute atomic E-state index is 12.9. The number of halogens is 3. The van der Waals surface area contributed by atoms with E-state index in [9.17, 15) is 4.39 Å². The number of hydrogen-bond donors (Lipinski definition) is 0. The summed E-state index contributed by atoms with van der Waals surface area (Å²) < 4.78 is 18.5. The number of ether oxygens (including phenoxy) is 1. The molecule has 0 radical (unpaired) electrons. The largest absolute Gasteiger partial charge is 0.489 e. The fourth-order valence-corrected chi connectivity index (χ4v) is 1.89. The van der Waals surface area contributed by atoms with Crippen LogP contribution >= 0.6 is 23.2 Å².